The lowest BCUT2D eigenvalue weighted by Gasteiger charge is -2.08. The lowest BCUT2D eigenvalue weighted by Crippen LogP contribution is -2.22. The number of carboxylic acid groups (broad SMARTS) is 1. The number of carboxylic acids is 1. The molecule has 1 aliphatic carbocycles. The van der Waals surface area contributed by atoms with Gasteiger partial charge in [-0.05, 0) is 82.3 Å². The second-order valence-electron chi connectivity index (χ2n) is 8.36. The fourth-order valence-electron chi connectivity index (χ4n) is 4.09. The highest BCUT2D eigenvalue weighted by Gasteiger charge is 2.25. The number of allylic oxidation sites excluding steroid dienone is 2. The quantitative estimate of drug-likeness (QED) is 0.402. The van der Waals surface area contributed by atoms with E-state index in [9.17, 15) is 14.0 Å². The summed E-state index contributed by atoms with van der Waals surface area (Å²) in [5.41, 5.74) is 7.00. The number of anilines is 1. The van der Waals surface area contributed by atoms with Gasteiger partial charge in [-0.25, -0.2) is 4.39 Å². The molecule has 0 unspecified atom stereocenters. The third-order valence-electron chi connectivity index (χ3n) is 5.89. The average molecular weight is 472 g/mol. The average Bonchev–Trinajstić information content (AvgIpc) is 3.09. The molecule has 3 aromatic rings. The third-order valence-corrected chi connectivity index (χ3v) is 5.89. The molecule has 0 atom stereocenters. The Morgan fingerprint density at radius 2 is 1.89 bits per heavy atom. The van der Waals surface area contributed by atoms with E-state index in [0.717, 1.165) is 44.7 Å². The number of amides is 1. The molecule has 35 heavy (non-hydrogen) atoms. The molecular formula is C28H26FN3O3. The molecule has 0 spiro atoms. The van der Waals surface area contributed by atoms with Crippen molar-refractivity contribution in [1.29, 1.82) is 0 Å². The largest absolute Gasteiger partial charge is 0.481 e. The van der Waals surface area contributed by atoms with Crippen LogP contribution in [0.4, 0.5) is 10.1 Å². The summed E-state index contributed by atoms with van der Waals surface area (Å²) in [6.07, 6.45) is 5.60. The van der Waals surface area contributed by atoms with Gasteiger partial charge in [0.05, 0.1) is 12.8 Å². The smallest absolute Gasteiger partial charge is 0.305 e. The second-order valence-corrected chi connectivity index (χ2v) is 8.36. The molecule has 3 N–H and O–H groups in total. The molecule has 0 aliphatic heterocycles. The van der Waals surface area contributed by atoms with Crippen LogP contribution in [-0.2, 0) is 16.1 Å². The molecule has 1 aliphatic rings. The second kappa shape index (κ2) is 10.8. The maximum absolute atomic E-state index is 14.1. The lowest BCUT2D eigenvalue weighted by atomic mass is 10.0. The molecule has 178 valence electrons. The van der Waals surface area contributed by atoms with E-state index in [2.05, 4.69) is 15.6 Å². The SMILES string of the molecule is CC1=C(CC(=O)NCc2cccnc2)c2cc(F)ccc2/C1=C\c1ccc(NCCC(=O)O)cc1. The highest BCUT2D eigenvalue weighted by atomic mass is 19.1. The van der Waals surface area contributed by atoms with Crippen LogP contribution < -0.4 is 10.6 Å². The van der Waals surface area contributed by atoms with Crippen molar-refractivity contribution < 1.29 is 19.1 Å². The van der Waals surface area contributed by atoms with Gasteiger partial charge in [0.15, 0.2) is 0 Å². The van der Waals surface area contributed by atoms with Crippen molar-refractivity contribution >= 4 is 34.8 Å². The Kier molecular flexibility index (Phi) is 7.35. The Bertz CT molecular complexity index is 1300. The number of aliphatic carboxylic acids is 1. The molecule has 0 saturated heterocycles. The first-order valence-corrected chi connectivity index (χ1v) is 11.3. The standard InChI is InChI=1S/C28H26FN3O3/c1-18-24(13-19-4-7-22(8-5-19)31-12-10-28(34)35)23-9-6-21(29)14-26(23)25(18)15-27(33)32-17-20-3-2-11-30-16-20/h2-9,11,13-14,16,31H,10,12,15,17H2,1H3,(H,32,33)(H,34,35)/b24-13-. The maximum atomic E-state index is 14.1. The summed E-state index contributed by atoms with van der Waals surface area (Å²) >= 11 is 0. The zero-order chi connectivity index (χ0) is 24.8. The summed E-state index contributed by atoms with van der Waals surface area (Å²) in [5, 5.41) is 14.8. The summed E-state index contributed by atoms with van der Waals surface area (Å²) in [6, 6.07) is 16.0. The van der Waals surface area contributed by atoms with Gasteiger partial charge in [-0.1, -0.05) is 24.3 Å². The molecule has 0 bridgehead atoms. The number of pyridine rings is 1. The molecule has 7 heteroatoms. The number of carbonyl (C=O) groups excluding carboxylic acids is 1. The molecule has 4 rings (SSSR count). The van der Waals surface area contributed by atoms with Gasteiger partial charge >= 0.3 is 5.97 Å². The number of nitrogens with zero attached hydrogens (tertiary/aromatic N) is 1. The predicted molar refractivity (Wildman–Crippen MR) is 135 cm³/mol. The van der Waals surface area contributed by atoms with Gasteiger partial charge in [0.1, 0.15) is 5.82 Å². The summed E-state index contributed by atoms with van der Waals surface area (Å²) in [4.78, 5) is 27.5. The van der Waals surface area contributed by atoms with Crippen LogP contribution in [0.3, 0.4) is 0 Å². The minimum Gasteiger partial charge on any atom is -0.481 e. The van der Waals surface area contributed by atoms with E-state index in [1.54, 1.807) is 18.5 Å². The fourth-order valence-corrected chi connectivity index (χ4v) is 4.09. The van der Waals surface area contributed by atoms with Crippen molar-refractivity contribution in [2.45, 2.75) is 26.3 Å². The van der Waals surface area contributed by atoms with Gasteiger partial charge in [-0.2, -0.15) is 0 Å². The zero-order valence-corrected chi connectivity index (χ0v) is 19.3. The topological polar surface area (TPSA) is 91.3 Å². The van der Waals surface area contributed by atoms with Gasteiger partial charge in [0.2, 0.25) is 5.91 Å². The van der Waals surface area contributed by atoms with Gasteiger partial charge in [0, 0.05) is 31.2 Å². The molecule has 0 fully saturated rings. The Morgan fingerprint density at radius 1 is 1.09 bits per heavy atom. The Hall–Kier alpha value is -4.26. The van der Waals surface area contributed by atoms with Gasteiger partial charge in [0.25, 0.3) is 0 Å². The number of rotatable bonds is 9. The first kappa shape index (κ1) is 23.9. The van der Waals surface area contributed by atoms with Crippen LogP contribution in [0, 0.1) is 5.82 Å². The van der Waals surface area contributed by atoms with E-state index in [-0.39, 0.29) is 24.6 Å². The number of nitrogens with one attached hydrogen (secondary N) is 2. The van der Waals surface area contributed by atoms with Crippen molar-refractivity contribution in [3.05, 3.63) is 101 Å². The Labute approximate surface area is 203 Å². The van der Waals surface area contributed by atoms with E-state index in [0.29, 0.717) is 13.1 Å². The van der Waals surface area contributed by atoms with Crippen molar-refractivity contribution in [3.8, 4) is 0 Å². The fraction of sp³-hybridized carbons (Fsp3) is 0.179. The Morgan fingerprint density at radius 3 is 2.60 bits per heavy atom. The summed E-state index contributed by atoms with van der Waals surface area (Å²) in [5.74, 6) is -1.33. The first-order chi connectivity index (χ1) is 16.9. The normalized spacial score (nSPS) is 13.6. The number of hydrogen-bond acceptors (Lipinski definition) is 4. The number of aromatic nitrogens is 1. The predicted octanol–water partition coefficient (Wildman–Crippen LogP) is 5.14. The molecule has 1 amide bonds. The minimum atomic E-state index is -0.848. The van der Waals surface area contributed by atoms with Crippen LogP contribution in [0.25, 0.3) is 17.2 Å². The van der Waals surface area contributed by atoms with Crippen LogP contribution in [0.2, 0.25) is 0 Å². The highest BCUT2D eigenvalue weighted by Crippen LogP contribution is 2.43. The lowest BCUT2D eigenvalue weighted by molar-refractivity contribution is -0.136. The number of carbonyl (C=O) groups is 2. The van der Waals surface area contributed by atoms with Gasteiger partial charge < -0.3 is 15.7 Å². The molecule has 1 aromatic heterocycles. The summed E-state index contributed by atoms with van der Waals surface area (Å²) in [7, 11) is 0. The third kappa shape index (κ3) is 6.00. The van der Waals surface area contributed by atoms with Crippen molar-refractivity contribution in [1.82, 2.24) is 10.3 Å². The van der Waals surface area contributed by atoms with E-state index in [1.807, 2.05) is 49.4 Å². The van der Waals surface area contributed by atoms with Crippen LogP contribution in [0.5, 0.6) is 0 Å². The van der Waals surface area contributed by atoms with E-state index < -0.39 is 5.97 Å². The number of halogens is 1. The first-order valence-electron chi connectivity index (χ1n) is 11.3. The van der Waals surface area contributed by atoms with Crippen LogP contribution in [0.1, 0.15) is 42.0 Å². The van der Waals surface area contributed by atoms with E-state index in [4.69, 9.17) is 5.11 Å². The van der Waals surface area contributed by atoms with E-state index >= 15 is 0 Å². The van der Waals surface area contributed by atoms with Crippen molar-refractivity contribution in [2.75, 3.05) is 11.9 Å². The number of fused-ring (bicyclic) bond motifs is 1. The van der Waals surface area contributed by atoms with Gasteiger partial charge in [-0.15, -0.1) is 0 Å². The molecule has 0 radical (unpaired) electrons. The molecule has 6 nitrogen and oxygen atoms in total. The maximum Gasteiger partial charge on any atom is 0.305 e. The summed E-state index contributed by atoms with van der Waals surface area (Å²) in [6.45, 7) is 2.68. The Balaban J connectivity index is 1.54. The van der Waals surface area contributed by atoms with Crippen molar-refractivity contribution in [3.63, 3.8) is 0 Å². The van der Waals surface area contributed by atoms with E-state index in [1.165, 1.54) is 12.1 Å². The molecule has 1 heterocycles. The number of hydrogen-bond donors (Lipinski definition) is 3. The minimum absolute atomic E-state index is 0.0434. The monoisotopic (exact) mass is 471 g/mol. The van der Waals surface area contributed by atoms with Crippen molar-refractivity contribution in [2.24, 2.45) is 0 Å². The highest BCUT2D eigenvalue weighted by molar-refractivity contribution is 6.08. The number of benzene rings is 2. The van der Waals surface area contributed by atoms with Gasteiger partial charge in [-0.3, -0.25) is 14.6 Å². The zero-order valence-electron chi connectivity index (χ0n) is 19.3. The molecule has 2 aromatic carbocycles. The molecule has 0 saturated carbocycles. The van der Waals surface area contributed by atoms with Crippen LogP contribution in [0.15, 0.2) is 72.6 Å². The van der Waals surface area contributed by atoms with Crippen LogP contribution in [-0.4, -0.2) is 28.5 Å². The molecular weight excluding hydrogens is 445 g/mol. The summed E-state index contributed by atoms with van der Waals surface area (Å²) < 4.78 is 14.1. The van der Waals surface area contributed by atoms with Crippen LogP contribution >= 0.6 is 0 Å².